The summed E-state index contributed by atoms with van der Waals surface area (Å²) >= 11 is 1.53. The molecule has 0 bridgehead atoms. The van der Waals surface area contributed by atoms with Crippen molar-refractivity contribution in [3.63, 3.8) is 0 Å². The standard InChI is InChI=1S/C27H27N3O4S2/c31-26(29-36(32,33)23-6-2-1-3-7-23)21-15-18-30(19-16-21)17-14-20-10-12-22(13-11-20)34-27-28-24-8-4-5-9-25(24)35-27/h1-13,21H,14-19H2,(H,29,31). The van der Waals surface area contributed by atoms with Gasteiger partial charge >= 0.3 is 0 Å². The lowest BCUT2D eigenvalue weighted by Gasteiger charge is -2.31. The number of carbonyl (C=O) groups is 1. The van der Waals surface area contributed by atoms with Crippen LogP contribution >= 0.6 is 11.3 Å². The SMILES string of the molecule is O=C(NS(=O)(=O)c1ccccc1)C1CCN(CCc2ccc(Oc3nc4ccccc4s3)cc2)CC1. The van der Waals surface area contributed by atoms with Crippen molar-refractivity contribution in [2.45, 2.75) is 24.2 Å². The molecule has 9 heteroatoms. The molecule has 7 nitrogen and oxygen atoms in total. The van der Waals surface area contributed by atoms with E-state index in [1.807, 2.05) is 36.4 Å². The summed E-state index contributed by atoms with van der Waals surface area (Å²) in [6.45, 7) is 2.42. The maximum atomic E-state index is 12.6. The number of piperidine rings is 1. The van der Waals surface area contributed by atoms with E-state index in [9.17, 15) is 13.2 Å². The zero-order chi connectivity index (χ0) is 25.0. The first kappa shape index (κ1) is 24.4. The summed E-state index contributed by atoms with van der Waals surface area (Å²) in [6.07, 6.45) is 2.18. The average molecular weight is 522 g/mol. The van der Waals surface area contributed by atoms with Gasteiger partial charge in [0.05, 0.1) is 15.1 Å². The number of ether oxygens (including phenoxy) is 1. The number of hydrogen-bond donors (Lipinski definition) is 1. The van der Waals surface area contributed by atoms with Gasteiger partial charge in [0.15, 0.2) is 0 Å². The number of amides is 1. The monoisotopic (exact) mass is 521 g/mol. The molecule has 1 saturated heterocycles. The van der Waals surface area contributed by atoms with Crippen molar-refractivity contribution < 1.29 is 17.9 Å². The number of likely N-dealkylation sites (tertiary alicyclic amines) is 1. The highest BCUT2D eigenvalue weighted by molar-refractivity contribution is 7.90. The molecule has 0 radical (unpaired) electrons. The van der Waals surface area contributed by atoms with E-state index in [1.165, 1.54) is 29.0 Å². The van der Waals surface area contributed by atoms with E-state index in [4.69, 9.17) is 4.74 Å². The maximum absolute atomic E-state index is 12.6. The van der Waals surface area contributed by atoms with Gasteiger partial charge < -0.3 is 9.64 Å². The summed E-state index contributed by atoms with van der Waals surface area (Å²) in [5.41, 5.74) is 2.15. The van der Waals surface area contributed by atoms with Crippen molar-refractivity contribution >= 4 is 37.5 Å². The molecule has 1 fully saturated rings. The molecule has 1 aromatic heterocycles. The van der Waals surface area contributed by atoms with Crippen LogP contribution in [0.3, 0.4) is 0 Å². The molecule has 1 N–H and O–H groups in total. The van der Waals surface area contributed by atoms with Gasteiger partial charge in [-0.05, 0) is 74.3 Å². The fraction of sp³-hybridized carbons (Fsp3) is 0.259. The van der Waals surface area contributed by atoms with Crippen LogP contribution in [0.2, 0.25) is 0 Å². The molecule has 186 valence electrons. The number of carbonyl (C=O) groups excluding carboxylic acids is 1. The minimum atomic E-state index is -3.83. The fourth-order valence-electron chi connectivity index (χ4n) is 4.30. The number of rotatable bonds is 8. The Morgan fingerprint density at radius 3 is 2.39 bits per heavy atom. The third-order valence-corrected chi connectivity index (χ3v) is 8.64. The first-order valence-electron chi connectivity index (χ1n) is 11.9. The zero-order valence-electron chi connectivity index (χ0n) is 19.7. The Labute approximate surface area is 214 Å². The molecule has 0 unspecified atom stereocenters. The Morgan fingerprint density at radius 1 is 0.972 bits per heavy atom. The van der Waals surface area contributed by atoms with Crippen LogP contribution in [-0.2, 0) is 21.2 Å². The molecule has 2 heterocycles. The number of sulfonamides is 1. The lowest BCUT2D eigenvalue weighted by molar-refractivity contribution is -0.124. The Bertz CT molecular complexity index is 1400. The molecule has 1 aliphatic heterocycles. The van der Waals surface area contributed by atoms with Crippen LogP contribution in [0, 0.1) is 5.92 Å². The number of para-hydroxylation sites is 1. The number of fused-ring (bicyclic) bond motifs is 1. The van der Waals surface area contributed by atoms with E-state index in [0.717, 1.165) is 42.0 Å². The van der Waals surface area contributed by atoms with Crippen LogP contribution in [0.25, 0.3) is 10.2 Å². The van der Waals surface area contributed by atoms with Crippen LogP contribution in [0.15, 0.2) is 83.8 Å². The van der Waals surface area contributed by atoms with Crippen molar-refractivity contribution in [3.8, 4) is 10.9 Å². The first-order valence-corrected chi connectivity index (χ1v) is 14.2. The van der Waals surface area contributed by atoms with Crippen LogP contribution in [0.1, 0.15) is 18.4 Å². The van der Waals surface area contributed by atoms with Crippen molar-refractivity contribution in [2.75, 3.05) is 19.6 Å². The van der Waals surface area contributed by atoms with Gasteiger partial charge in [0.25, 0.3) is 15.2 Å². The van der Waals surface area contributed by atoms with Gasteiger partial charge in [-0.1, -0.05) is 53.8 Å². The average Bonchev–Trinajstić information content (AvgIpc) is 3.31. The summed E-state index contributed by atoms with van der Waals surface area (Å²) < 4.78 is 34.1. The Hall–Kier alpha value is -3.27. The van der Waals surface area contributed by atoms with Gasteiger partial charge in [-0.2, -0.15) is 0 Å². The predicted octanol–water partition coefficient (Wildman–Crippen LogP) is 4.85. The number of aromatic nitrogens is 1. The fourth-order valence-corrected chi connectivity index (χ4v) is 6.20. The Morgan fingerprint density at radius 2 is 1.67 bits per heavy atom. The van der Waals surface area contributed by atoms with E-state index in [2.05, 4.69) is 26.7 Å². The van der Waals surface area contributed by atoms with Crippen LogP contribution < -0.4 is 9.46 Å². The summed E-state index contributed by atoms with van der Waals surface area (Å²) in [6, 6.07) is 24.0. The zero-order valence-corrected chi connectivity index (χ0v) is 21.3. The lowest BCUT2D eigenvalue weighted by Crippen LogP contribution is -2.42. The third kappa shape index (κ3) is 5.92. The van der Waals surface area contributed by atoms with Gasteiger partial charge in [-0.15, -0.1) is 0 Å². The molecule has 5 rings (SSSR count). The van der Waals surface area contributed by atoms with Crippen molar-refractivity contribution in [2.24, 2.45) is 5.92 Å². The highest BCUT2D eigenvalue weighted by atomic mass is 32.2. The molecular formula is C27H27N3O4S2. The van der Waals surface area contributed by atoms with E-state index in [-0.39, 0.29) is 10.8 Å². The smallest absolute Gasteiger partial charge is 0.279 e. The molecule has 1 aliphatic rings. The second kappa shape index (κ2) is 10.8. The molecule has 4 aromatic rings. The molecule has 0 spiro atoms. The van der Waals surface area contributed by atoms with E-state index >= 15 is 0 Å². The van der Waals surface area contributed by atoms with Gasteiger partial charge in [-0.3, -0.25) is 4.79 Å². The number of thiazole rings is 1. The highest BCUT2D eigenvalue weighted by Gasteiger charge is 2.28. The molecule has 0 aliphatic carbocycles. The van der Waals surface area contributed by atoms with Crippen LogP contribution in [0.5, 0.6) is 10.9 Å². The second-order valence-electron chi connectivity index (χ2n) is 8.84. The molecule has 0 saturated carbocycles. The molecular weight excluding hydrogens is 494 g/mol. The van der Waals surface area contributed by atoms with Gasteiger partial charge in [0.2, 0.25) is 5.91 Å². The molecule has 3 aromatic carbocycles. The number of benzene rings is 3. The minimum absolute atomic E-state index is 0.104. The lowest BCUT2D eigenvalue weighted by atomic mass is 9.96. The van der Waals surface area contributed by atoms with Crippen LogP contribution in [0.4, 0.5) is 0 Å². The summed E-state index contributed by atoms with van der Waals surface area (Å²) in [5.74, 6) is 0.0518. The number of nitrogens with zero attached hydrogens (tertiary/aromatic N) is 2. The second-order valence-corrected chi connectivity index (χ2v) is 11.5. The van der Waals surface area contributed by atoms with Gasteiger partial charge in [0.1, 0.15) is 5.75 Å². The summed E-state index contributed by atoms with van der Waals surface area (Å²) in [7, 11) is -3.83. The first-order chi connectivity index (χ1) is 17.5. The van der Waals surface area contributed by atoms with E-state index < -0.39 is 15.9 Å². The summed E-state index contributed by atoms with van der Waals surface area (Å²) in [4.78, 5) is 19.5. The van der Waals surface area contributed by atoms with Crippen molar-refractivity contribution in [1.29, 1.82) is 0 Å². The summed E-state index contributed by atoms with van der Waals surface area (Å²) in [5, 5.41) is 0.632. The van der Waals surface area contributed by atoms with Crippen LogP contribution in [-0.4, -0.2) is 43.8 Å². The normalized spacial score (nSPS) is 15.1. The topological polar surface area (TPSA) is 88.6 Å². The largest absolute Gasteiger partial charge is 0.431 e. The van der Waals surface area contributed by atoms with Gasteiger partial charge in [-0.25, -0.2) is 18.1 Å². The Balaban J connectivity index is 1.07. The van der Waals surface area contributed by atoms with E-state index in [1.54, 1.807) is 18.2 Å². The highest BCUT2D eigenvalue weighted by Crippen LogP contribution is 2.31. The minimum Gasteiger partial charge on any atom is -0.431 e. The number of nitrogens with one attached hydrogen (secondary N) is 1. The molecule has 0 atom stereocenters. The molecule has 36 heavy (non-hydrogen) atoms. The van der Waals surface area contributed by atoms with Gasteiger partial charge in [0, 0.05) is 12.5 Å². The maximum Gasteiger partial charge on any atom is 0.279 e. The van der Waals surface area contributed by atoms with E-state index in [0.29, 0.717) is 18.0 Å². The Kier molecular flexibility index (Phi) is 7.31. The quantitative estimate of drug-likeness (QED) is 0.357. The predicted molar refractivity (Wildman–Crippen MR) is 141 cm³/mol. The third-order valence-electron chi connectivity index (χ3n) is 6.37. The van der Waals surface area contributed by atoms with Crippen molar-refractivity contribution in [1.82, 2.24) is 14.6 Å². The number of hydrogen-bond acceptors (Lipinski definition) is 7. The van der Waals surface area contributed by atoms with Crippen molar-refractivity contribution in [3.05, 3.63) is 84.4 Å². The molecule has 1 amide bonds.